The zero-order chi connectivity index (χ0) is 19.6. The molecule has 0 aliphatic carbocycles. The van der Waals surface area contributed by atoms with Crippen molar-refractivity contribution >= 4 is 0 Å². The van der Waals surface area contributed by atoms with Crippen molar-refractivity contribution in [1.29, 1.82) is 0 Å². The van der Waals surface area contributed by atoms with Gasteiger partial charge in [-0.2, -0.15) is 13.2 Å². The van der Waals surface area contributed by atoms with Crippen molar-refractivity contribution in [3.63, 3.8) is 0 Å². The zero-order valence-electron chi connectivity index (χ0n) is 15.1. The highest BCUT2D eigenvalue weighted by Crippen LogP contribution is 2.37. The lowest BCUT2D eigenvalue weighted by Crippen LogP contribution is -2.30. The largest absolute Gasteiger partial charge is 0.493 e. The first-order valence-corrected chi connectivity index (χ1v) is 8.67. The second-order valence-electron chi connectivity index (χ2n) is 6.51. The first-order valence-electron chi connectivity index (χ1n) is 8.67. The van der Waals surface area contributed by atoms with Crippen LogP contribution in [0.5, 0.6) is 11.5 Å². The maximum atomic E-state index is 13.8. The number of alkyl halides is 3. The molecular formula is C20H21F4NO2. The summed E-state index contributed by atoms with van der Waals surface area (Å²) in [6.07, 6.45) is -2.74. The predicted molar refractivity (Wildman–Crippen MR) is 93.7 cm³/mol. The molecule has 0 saturated carbocycles. The van der Waals surface area contributed by atoms with Crippen LogP contribution in [0.15, 0.2) is 30.3 Å². The number of rotatable bonds is 5. The van der Waals surface area contributed by atoms with Gasteiger partial charge >= 0.3 is 6.18 Å². The summed E-state index contributed by atoms with van der Waals surface area (Å²) in [6, 6.07) is 7.02. The van der Waals surface area contributed by atoms with Crippen LogP contribution in [0.2, 0.25) is 0 Å². The van der Waals surface area contributed by atoms with Crippen LogP contribution in [-0.2, 0) is 19.0 Å². The summed E-state index contributed by atoms with van der Waals surface area (Å²) in [5.74, 6) is 0.0654. The molecule has 1 aliphatic rings. The molecule has 1 N–H and O–H groups in total. The second-order valence-corrected chi connectivity index (χ2v) is 6.51. The van der Waals surface area contributed by atoms with Gasteiger partial charge in [-0.3, -0.25) is 0 Å². The van der Waals surface area contributed by atoms with Crippen molar-refractivity contribution in [3.8, 4) is 11.5 Å². The molecule has 0 fully saturated rings. The molecule has 146 valence electrons. The lowest BCUT2D eigenvalue weighted by atomic mass is 9.90. The van der Waals surface area contributed by atoms with E-state index in [9.17, 15) is 17.6 Å². The van der Waals surface area contributed by atoms with Crippen LogP contribution < -0.4 is 14.8 Å². The van der Waals surface area contributed by atoms with E-state index in [1.165, 1.54) is 6.07 Å². The molecule has 0 amide bonds. The first kappa shape index (κ1) is 19.5. The predicted octanol–water partition coefficient (Wildman–Crippen LogP) is 4.68. The molecule has 0 aromatic heterocycles. The number of nitrogens with one attached hydrogen (secondary N) is 1. The number of benzene rings is 2. The van der Waals surface area contributed by atoms with Crippen molar-refractivity contribution < 1.29 is 27.0 Å². The summed E-state index contributed by atoms with van der Waals surface area (Å²) in [5, 5.41) is 3.41. The average Bonchev–Trinajstić information content (AvgIpc) is 2.64. The Balaban J connectivity index is 1.78. The Labute approximate surface area is 155 Å². The van der Waals surface area contributed by atoms with E-state index in [4.69, 9.17) is 9.47 Å². The van der Waals surface area contributed by atoms with Gasteiger partial charge < -0.3 is 14.8 Å². The smallest absolute Gasteiger partial charge is 0.419 e. The Bertz CT molecular complexity index is 820. The van der Waals surface area contributed by atoms with E-state index in [1.807, 2.05) is 12.1 Å². The van der Waals surface area contributed by atoms with Crippen molar-refractivity contribution in [2.75, 3.05) is 20.8 Å². The fraction of sp³-hybridized carbons (Fsp3) is 0.400. The quantitative estimate of drug-likeness (QED) is 0.761. The molecule has 0 radical (unpaired) electrons. The number of halogens is 4. The van der Waals surface area contributed by atoms with Crippen molar-refractivity contribution in [1.82, 2.24) is 5.32 Å². The topological polar surface area (TPSA) is 30.5 Å². The summed E-state index contributed by atoms with van der Waals surface area (Å²) in [6.45, 7) is 0.786. The summed E-state index contributed by atoms with van der Waals surface area (Å²) < 4.78 is 62.5. The van der Waals surface area contributed by atoms with Crippen molar-refractivity contribution in [2.45, 2.75) is 31.5 Å². The van der Waals surface area contributed by atoms with Gasteiger partial charge in [0.05, 0.1) is 19.8 Å². The highest BCUT2D eigenvalue weighted by atomic mass is 19.4. The van der Waals surface area contributed by atoms with Crippen LogP contribution >= 0.6 is 0 Å². The van der Waals surface area contributed by atoms with Gasteiger partial charge in [-0.15, -0.1) is 0 Å². The molecule has 0 spiro atoms. The van der Waals surface area contributed by atoms with Gasteiger partial charge in [0.25, 0.3) is 0 Å². The molecule has 2 aromatic carbocycles. The Kier molecular flexibility index (Phi) is 5.60. The van der Waals surface area contributed by atoms with E-state index in [1.54, 1.807) is 14.2 Å². The number of hydrogen-bond donors (Lipinski definition) is 1. The summed E-state index contributed by atoms with van der Waals surface area (Å²) in [5.41, 5.74) is 1.53. The molecular weight excluding hydrogens is 362 g/mol. The zero-order valence-corrected chi connectivity index (χ0v) is 15.1. The number of ether oxygens (including phenoxy) is 2. The van der Waals surface area contributed by atoms with Crippen LogP contribution in [-0.4, -0.2) is 20.8 Å². The molecule has 1 atom stereocenters. The number of fused-ring (bicyclic) bond motifs is 1. The molecule has 1 heterocycles. The molecule has 1 aliphatic heterocycles. The minimum absolute atomic E-state index is 0.0129. The van der Waals surface area contributed by atoms with E-state index in [2.05, 4.69) is 5.32 Å². The fourth-order valence-corrected chi connectivity index (χ4v) is 3.48. The minimum atomic E-state index is -4.68. The molecule has 7 heteroatoms. The van der Waals surface area contributed by atoms with Crippen LogP contribution in [0.1, 0.15) is 34.7 Å². The average molecular weight is 383 g/mol. The summed E-state index contributed by atoms with van der Waals surface area (Å²) in [4.78, 5) is 0. The number of hydrogen-bond acceptors (Lipinski definition) is 3. The highest BCUT2D eigenvalue weighted by molar-refractivity contribution is 5.49. The third kappa shape index (κ3) is 4.18. The number of aryl methyl sites for hydroxylation is 1. The third-order valence-electron chi connectivity index (χ3n) is 4.87. The van der Waals surface area contributed by atoms with Gasteiger partial charge in [0.15, 0.2) is 11.5 Å². The molecule has 0 saturated heterocycles. The van der Waals surface area contributed by atoms with Gasteiger partial charge in [0.2, 0.25) is 0 Å². The van der Waals surface area contributed by atoms with Gasteiger partial charge in [0.1, 0.15) is 5.82 Å². The van der Waals surface area contributed by atoms with Gasteiger partial charge in [0, 0.05) is 6.04 Å². The molecule has 0 unspecified atom stereocenters. The monoisotopic (exact) mass is 383 g/mol. The third-order valence-corrected chi connectivity index (χ3v) is 4.87. The standard InChI is InChI=1S/C20H21F4NO2/c1-26-18-10-13-7-8-25-17(14(13)11-19(18)27-2)6-4-12-3-5-15(16(21)9-12)20(22,23)24/h3,5,9-11,17,25H,4,6-8H2,1-2H3/t17-/m0/s1. The Morgan fingerprint density at radius 1 is 1.07 bits per heavy atom. The number of methoxy groups -OCH3 is 2. The van der Waals surface area contributed by atoms with Crippen molar-refractivity contribution in [2.24, 2.45) is 0 Å². The molecule has 0 bridgehead atoms. The molecule has 3 nitrogen and oxygen atoms in total. The van der Waals surface area contributed by atoms with Crippen LogP contribution in [0.3, 0.4) is 0 Å². The van der Waals surface area contributed by atoms with E-state index in [0.717, 1.165) is 36.2 Å². The molecule has 2 aromatic rings. The first-order chi connectivity index (χ1) is 12.8. The van der Waals surface area contributed by atoms with E-state index in [-0.39, 0.29) is 6.04 Å². The Morgan fingerprint density at radius 2 is 1.78 bits per heavy atom. The second kappa shape index (κ2) is 7.76. The maximum absolute atomic E-state index is 13.8. The normalized spacial score (nSPS) is 16.7. The maximum Gasteiger partial charge on any atom is 0.419 e. The summed E-state index contributed by atoms with van der Waals surface area (Å²) >= 11 is 0. The van der Waals surface area contributed by atoms with Gasteiger partial charge in [-0.05, 0) is 66.8 Å². The van der Waals surface area contributed by atoms with Gasteiger partial charge in [-0.25, -0.2) is 4.39 Å². The van der Waals surface area contributed by atoms with E-state index >= 15 is 0 Å². The Hall–Kier alpha value is -2.28. The summed E-state index contributed by atoms with van der Waals surface area (Å²) in [7, 11) is 3.16. The van der Waals surface area contributed by atoms with Crippen LogP contribution in [0.25, 0.3) is 0 Å². The lowest BCUT2D eigenvalue weighted by molar-refractivity contribution is -0.140. The fourth-order valence-electron chi connectivity index (χ4n) is 3.48. The minimum Gasteiger partial charge on any atom is -0.493 e. The SMILES string of the molecule is COc1cc2c(cc1OC)[C@H](CCc1ccc(C(F)(F)F)c(F)c1)NCC2. The highest BCUT2D eigenvalue weighted by Gasteiger charge is 2.34. The van der Waals surface area contributed by atoms with Crippen LogP contribution in [0, 0.1) is 5.82 Å². The van der Waals surface area contributed by atoms with Crippen LogP contribution in [0.4, 0.5) is 17.6 Å². The van der Waals surface area contributed by atoms with E-state index in [0.29, 0.717) is 29.9 Å². The van der Waals surface area contributed by atoms with Gasteiger partial charge in [-0.1, -0.05) is 6.07 Å². The molecule has 3 rings (SSSR count). The van der Waals surface area contributed by atoms with Crippen molar-refractivity contribution in [3.05, 3.63) is 58.4 Å². The molecule has 27 heavy (non-hydrogen) atoms. The van der Waals surface area contributed by atoms with E-state index < -0.39 is 17.6 Å². The lowest BCUT2D eigenvalue weighted by Gasteiger charge is -2.28. The Morgan fingerprint density at radius 3 is 2.41 bits per heavy atom.